The minimum atomic E-state index is -0.951. The molecule has 0 fully saturated rings. The molecule has 2 aromatic rings. The molecule has 0 aliphatic rings. The molecule has 0 radical (unpaired) electrons. The number of amides is 1. The van der Waals surface area contributed by atoms with Crippen molar-refractivity contribution in [3.8, 4) is 0 Å². The lowest BCUT2D eigenvalue weighted by Crippen LogP contribution is -2.48. The minimum Gasteiger partial charge on any atom is -0.369 e. The Bertz CT molecular complexity index is 604. The molecule has 2 heterocycles. The first kappa shape index (κ1) is 12.3. The zero-order valence-electron chi connectivity index (χ0n) is 10.7. The predicted octanol–water partition coefficient (Wildman–Crippen LogP) is 0.870. The van der Waals surface area contributed by atoms with Crippen LogP contribution in [0.4, 0.5) is 5.95 Å². The summed E-state index contributed by atoms with van der Waals surface area (Å²) >= 11 is 0. The van der Waals surface area contributed by atoms with Gasteiger partial charge in [-0.2, -0.15) is 0 Å². The van der Waals surface area contributed by atoms with Crippen molar-refractivity contribution < 1.29 is 4.79 Å². The molecule has 18 heavy (non-hydrogen) atoms. The topological polar surface area (TPSA) is 99.8 Å². The fourth-order valence-electron chi connectivity index (χ4n) is 2.04. The van der Waals surface area contributed by atoms with Gasteiger partial charge >= 0.3 is 0 Å². The van der Waals surface area contributed by atoms with Crippen molar-refractivity contribution in [3.63, 3.8) is 0 Å². The highest BCUT2D eigenvalue weighted by molar-refractivity contribution is 5.86. The van der Waals surface area contributed by atoms with Crippen LogP contribution in [-0.2, 0) is 10.3 Å². The predicted molar refractivity (Wildman–Crippen MR) is 69.6 cm³/mol. The van der Waals surface area contributed by atoms with Gasteiger partial charge in [-0.3, -0.25) is 9.36 Å². The Labute approximate surface area is 105 Å². The molecule has 4 N–H and O–H groups in total. The summed E-state index contributed by atoms with van der Waals surface area (Å²) in [5.41, 5.74) is 11.7. The molecule has 0 saturated heterocycles. The molecule has 2 aromatic heterocycles. The molecule has 0 aliphatic carbocycles. The SMILES string of the molecule is CC(C)C(C)(C(N)=O)n1c(N)nc2cccnc21. The number of hydrogen-bond acceptors (Lipinski definition) is 4. The Morgan fingerprint density at radius 1 is 1.50 bits per heavy atom. The molecule has 0 bridgehead atoms. The van der Waals surface area contributed by atoms with E-state index in [1.165, 1.54) is 0 Å². The average molecular weight is 247 g/mol. The van der Waals surface area contributed by atoms with E-state index in [9.17, 15) is 4.79 Å². The van der Waals surface area contributed by atoms with Crippen molar-refractivity contribution in [1.82, 2.24) is 14.5 Å². The fraction of sp³-hybridized carbons (Fsp3) is 0.417. The third kappa shape index (κ3) is 1.53. The Morgan fingerprint density at radius 2 is 2.17 bits per heavy atom. The second-order valence-electron chi connectivity index (χ2n) is 4.82. The summed E-state index contributed by atoms with van der Waals surface area (Å²) in [6, 6.07) is 3.58. The van der Waals surface area contributed by atoms with Gasteiger partial charge in [-0.25, -0.2) is 9.97 Å². The van der Waals surface area contributed by atoms with Gasteiger partial charge < -0.3 is 11.5 Å². The number of nitrogens with two attached hydrogens (primary N) is 2. The average Bonchev–Trinajstić information content (AvgIpc) is 2.63. The monoisotopic (exact) mass is 247 g/mol. The number of aromatic nitrogens is 3. The van der Waals surface area contributed by atoms with Crippen LogP contribution in [-0.4, -0.2) is 20.4 Å². The van der Waals surface area contributed by atoms with Gasteiger partial charge in [-0.05, 0) is 25.0 Å². The maximum atomic E-state index is 11.8. The lowest BCUT2D eigenvalue weighted by molar-refractivity contribution is -0.127. The molecule has 1 unspecified atom stereocenters. The number of anilines is 1. The molecular weight excluding hydrogens is 230 g/mol. The van der Waals surface area contributed by atoms with Crippen LogP contribution in [0.15, 0.2) is 18.3 Å². The van der Waals surface area contributed by atoms with Gasteiger partial charge in [0, 0.05) is 6.20 Å². The Morgan fingerprint density at radius 3 is 2.72 bits per heavy atom. The normalized spacial score (nSPS) is 14.9. The van der Waals surface area contributed by atoms with Crippen LogP contribution in [0.1, 0.15) is 20.8 Å². The van der Waals surface area contributed by atoms with Crippen molar-refractivity contribution in [2.45, 2.75) is 26.3 Å². The van der Waals surface area contributed by atoms with Crippen LogP contribution >= 0.6 is 0 Å². The van der Waals surface area contributed by atoms with Crippen molar-refractivity contribution in [1.29, 1.82) is 0 Å². The van der Waals surface area contributed by atoms with E-state index in [-0.39, 0.29) is 11.9 Å². The number of rotatable bonds is 3. The third-order valence-electron chi connectivity index (χ3n) is 3.53. The number of carbonyl (C=O) groups is 1. The van der Waals surface area contributed by atoms with Gasteiger partial charge in [0.2, 0.25) is 11.9 Å². The molecule has 6 nitrogen and oxygen atoms in total. The largest absolute Gasteiger partial charge is 0.369 e. The molecule has 1 amide bonds. The van der Waals surface area contributed by atoms with Crippen LogP contribution in [0.25, 0.3) is 11.2 Å². The van der Waals surface area contributed by atoms with Crippen LogP contribution < -0.4 is 11.5 Å². The third-order valence-corrected chi connectivity index (χ3v) is 3.53. The van der Waals surface area contributed by atoms with Crippen molar-refractivity contribution in [2.24, 2.45) is 11.7 Å². The minimum absolute atomic E-state index is 0.0308. The molecule has 0 saturated carbocycles. The number of carbonyl (C=O) groups excluding carboxylic acids is 1. The highest BCUT2D eigenvalue weighted by Gasteiger charge is 2.39. The van der Waals surface area contributed by atoms with Crippen molar-refractivity contribution >= 4 is 23.0 Å². The van der Waals surface area contributed by atoms with Gasteiger partial charge in [0.15, 0.2) is 5.65 Å². The van der Waals surface area contributed by atoms with Gasteiger partial charge in [0.25, 0.3) is 0 Å². The zero-order chi connectivity index (χ0) is 13.5. The Balaban J connectivity index is 2.80. The van der Waals surface area contributed by atoms with Crippen molar-refractivity contribution in [2.75, 3.05) is 5.73 Å². The second kappa shape index (κ2) is 3.97. The smallest absolute Gasteiger partial charge is 0.243 e. The number of nitrogens with zero attached hydrogens (tertiary/aromatic N) is 3. The number of hydrogen-bond donors (Lipinski definition) is 2. The first-order valence-electron chi connectivity index (χ1n) is 5.78. The van der Waals surface area contributed by atoms with E-state index in [1.54, 1.807) is 29.8 Å². The van der Waals surface area contributed by atoms with E-state index in [0.29, 0.717) is 11.2 Å². The van der Waals surface area contributed by atoms with Gasteiger partial charge in [-0.1, -0.05) is 13.8 Å². The van der Waals surface area contributed by atoms with E-state index in [2.05, 4.69) is 9.97 Å². The zero-order valence-corrected chi connectivity index (χ0v) is 10.7. The maximum Gasteiger partial charge on any atom is 0.243 e. The summed E-state index contributed by atoms with van der Waals surface area (Å²) in [5, 5.41) is 0. The number of nitrogen functional groups attached to an aromatic ring is 1. The molecule has 6 heteroatoms. The maximum absolute atomic E-state index is 11.8. The fourth-order valence-corrected chi connectivity index (χ4v) is 2.04. The van der Waals surface area contributed by atoms with Crippen LogP contribution in [0, 0.1) is 5.92 Å². The summed E-state index contributed by atoms with van der Waals surface area (Å²) in [4.78, 5) is 20.3. The highest BCUT2D eigenvalue weighted by atomic mass is 16.1. The van der Waals surface area contributed by atoms with E-state index in [0.717, 1.165) is 0 Å². The Hall–Kier alpha value is -2.11. The molecule has 0 aliphatic heterocycles. The summed E-state index contributed by atoms with van der Waals surface area (Å²) in [5.74, 6) is -0.232. The van der Waals surface area contributed by atoms with E-state index in [4.69, 9.17) is 11.5 Å². The summed E-state index contributed by atoms with van der Waals surface area (Å²) in [7, 11) is 0. The summed E-state index contributed by atoms with van der Waals surface area (Å²) in [6.07, 6.45) is 1.64. The Kier molecular flexibility index (Phi) is 2.73. The van der Waals surface area contributed by atoms with E-state index < -0.39 is 11.4 Å². The quantitative estimate of drug-likeness (QED) is 0.840. The van der Waals surface area contributed by atoms with Crippen molar-refractivity contribution in [3.05, 3.63) is 18.3 Å². The molecule has 0 spiro atoms. The van der Waals surface area contributed by atoms with E-state index in [1.807, 2.05) is 13.8 Å². The summed E-state index contributed by atoms with van der Waals surface area (Å²) in [6.45, 7) is 5.59. The van der Waals surface area contributed by atoms with E-state index >= 15 is 0 Å². The highest BCUT2D eigenvalue weighted by Crippen LogP contribution is 2.31. The number of imidazole rings is 1. The lowest BCUT2D eigenvalue weighted by Gasteiger charge is -2.32. The van der Waals surface area contributed by atoms with Crippen LogP contribution in [0.3, 0.4) is 0 Å². The molecular formula is C12H17N5O. The first-order valence-corrected chi connectivity index (χ1v) is 5.78. The molecule has 0 aromatic carbocycles. The first-order chi connectivity index (χ1) is 8.39. The summed E-state index contributed by atoms with van der Waals surface area (Å²) < 4.78 is 1.62. The second-order valence-corrected chi connectivity index (χ2v) is 4.82. The van der Waals surface area contributed by atoms with Gasteiger partial charge in [-0.15, -0.1) is 0 Å². The van der Waals surface area contributed by atoms with Gasteiger partial charge in [0.05, 0.1) is 0 Å². The number of pyridine rings is 1. The lowest BCUT2D eigenvalue weighted by atomic mass is 9.87. The van der Waals surface area contributed by atoms with Gasteiger partial charge in [0.1, 0.15) is 11.1 Å². The number of primary amides is 1. The molecule has 96 valence electrons. The standard InChI is InChI=1S/C12H17N5O/c1-7(2)12(3,10(13)18)17-9-8(16-11(17)14)5-4-6-15-9/h4-7H,1-3H3,(H2,13,18)(H2,14,16). The molecule has 1 atom stereocenters. The number of fused-ring (bicyclic) bond motifs is 1. The molecule has 2 rings (SSSR count). The van der Waals surface area contributed by atoms with Crippen LogP contribution in [0.5, 0.6) is 0 Å². The van der Waals surface area contributed by atoms with Crippen LogP contribution in [0.2, 0.25) is 0 Å².